The average Bonchev–Trinajstić information content (AvgIpc) is 2.34. The van der Waals surface area contributed by atoms with Crippen molar-refractivity contribution in [3.05, 3.63) is 22.8 Å². The Bertz CT molecular complexity index is 208. The van der Waals surface area contributed by atoms with Crippen LogP contribution in [0.3, 0.4) is 0 Å². The second-order valence-corrected chi connectivity index (χ2v) is 19.2. The van der Waals surface area contributed by atoms with Crippen LogP contribution in [0, 0.1) is 0 Å². The first kappa shape index (κ1) is 17.5. The van der Waals surface area contributed by atoms with Crippen LogP contribution < -0.4 is 0 Å². The molecular formula is C14H27ClOSn. The number of hydrogen-bond donors (Lipinski definition) is 0. The Labute approximate surface area is 115 Å². The maximum absolute atomic E-state index is 6.86. The van der Waals surface area contributed by atoms with Gasteiger partial charge in [-0.15, -0.1) is 0 Å². The van der Waals surface area contributed by atoms with Crippen LogP contribution in [-0.2, 0) is 4.74 Å². The summed E-state index contributed by atoms with van der Waals surface area (Å²) in [5.74, 6) is 0. The molecule has 17 heavy (non-hydrogen) atoms. The van der Waals surface area contributed by atoms with E-state index < -0.39 is 17.3 Å². The van der Waals surface area contributed by atoms with Gasteiger partial charge in [-0.05, 0) is 0 Å². The minimum atomic E-state index is -2.44. The number of hydrogen-bond acceptors (Lipinski definition) is 1. The first-order valence-corrected chi connectivity index (χ1v) is 16.0. The zero-order valence-corrected chi connectivity index (χ0v) is 15.0. The molecule has 100 valence electrons. The normalized spacial score (nSPS) is 12.2. The summed E-state index contributed by atoms with van der Waals surface area (Å²) in [6, 6.07) is 0. The molecule has 0 saturated carbocycles. The Balaban J connectivity index is 4.10. The monoisotopic (exact) mass is 366 g/mol. The van der Waals surface area contributed by atoms with Crippen molar-refractivity contribution in [2.75, 3.05) is 13.2 Å². The van der Waals surface area contributed by atoms with Gasteiger partial charge in [0.05, 0.1) is 0 Å². The summed E-state index contributed by atoms with van der Waals surface area (Å²) in [6.45, 7) is 9.40. The van der Waals surface area contributed by atoms with E-state index in [0.29, 0.717) is 13.2 Å². The van der Waals surface area contributed by atoms with Crippen LogP contribution in [0.15, 0.2) is 22.8 Å². The molecule has 1 nitrogen and oxygen atoms in total. The first-order valence-electron chi connectivity index (χ1n) is 6.73. The van der Waals surface area contributed by atoms with Gasteiger partial charge in [-0.3, -0.25) is 0 Å². The van der Waals surface area contributed by atoms with E-state index in [1.165, 1.54) is 34.6 Å². The molecule has 0 aliphatic carbocycles. The topological polar surface area (TPSA) is 9.23 Å². The molecule has 0 fully saturated rings. The summed E-state index contributed by atoms with van der Waals surface area (Å²) in [5, 5.41) is 0. The molecule has 0 aliphatic rings. The predicted molar refractivity (Wildman–Crippen MR) is 81.2 cm³/mol. The molecule has 0 N–H and O–H groups in total. The van der Waals surface area contributed by atoms with Gasteiger partial charge in [0.2, 0.25) is 0 Å². The molecule has 0 aromatic heterocycles. The molecule has 0 unspecified atom stereocenters. The van der Waals surface area contributed by atoms with Crippen LogP contribution in [0.2, 0.25) is 8.87 Å². The second-order valence-electron chi connectivity index (χ2n) is 4.47. The second kappa shape index (κ2) is 11.6. The summed E-state index contributed by atoms with van der Waals surface area (Å²) in [4.78, 5) is 0. The van der Waals surface area contributed by atoms with E-state index in [1.807, 2.05) is 0 Å². The SMILES string of the molecule is C=CCOC/C=[CH]\[Sn]([Cl])([CH2]CCC)[CH2]CCC. The molecule has 0 radical (unpaired) electrons. The van der Waals surface area contributed by atoms with E-state index in [2.05, 4.69) is 30.6 Å². The quantitative estimate of drug-likeness (QED) is 0.282. The Morgan fingerprint density at radius 2 is 1.71 bits per heavy atom. The van der Waals surface area contributed by atoms with E-state index >= 15 is 0 Å². The summed E-state index contributed by atoms with van der Waals surface area (Å²) in [5.41, 5.74) is 0. The van der Waals surface area contributed by atoms with Gasteiger partial charge in [0, 0.05) is 0 Å². The number of ether oxygens (including phenoxy) is 1. The van der Waals surface area contributed by atoms with Crippen molar-refractivity contribution in [2.24, 2.45) is 0 Å². The fourth-order valence-electron chi connectivity index (χ4n) is 1.71. The zero-order valence-electron chi connectivity index (χ0n) is 11.4. The van der Waals surface area contributed by atoms with Crippen molar-refractivity contribution in [1.29, 1.82) is 0 Å². The fraction of sp³-hybridized carbons (Fsp3) is 0.714. The molecule has 0 saturated heterocycles. The van der Waals surface area contributed by atoms with E-state index in [1.54, 1.807) is 6.08 Å². The molecule has 0 aromatic rings. The van der Waals surface area contributed by atoms with Gasteiger partial charge in [-0.25, -0.2) is 0 Å². The van der Waals surface area contributed by atoms with Crippen LogP contribution in [0.25, 0.3) is 0 Å². The molecule has 0 heterocycles. The Kier molecular flexibility index (Phi) is 12.0. The summed E-state index contributed by atoms with van der Waals surface area (Å²) < 4.78 is 10.2. The van der Waals surface area contributed by atoms with Gasteiger partial charge >= 0.3 is 115 Å². The van der Waals surface area contributed by atoms with Crippen molar-refractivity contribution >= 4 is 26.2 Å². The van der Waals surface area contributed by atoms with E-state index in [0.717, 1.165) is 0 Å². The van der Waals surface area contributed by atoms with Crippen LogP contribution in [0.5, 0.6) is 0 Å². The van der Waals surface area contributed by atoms with Crippen molar-refractivity contribution < 1.29 is 4.74 Å². The van der Waals surface area contributed by atoms with E-state index in [-0.39, 0.29) is 0 Å². The molecule has 3 heteroatoms. The number of halogens is 1. The third-order valence-corrected chi connectivity index (χ3v) is 15.3. The Morgan fingerprint density at radius 1 is 1.12 bits per heavy atom. The fourth-order valence-corrected chi connectivity index (χ4v) is 12.6. The third kappa shape index (κ3) is 10.2. The van der Waals surface area contributed by atoms with Gasteiger partial charge in [0.1, 0.15) is 0 Å². The predicted octanol–water partition coefficient (Wildman–Crippen LogP) is 5.07. The van der Waals surface area contributed by atoms with Crippen molar-refractivity contribution in [2.45, 2.75) is 48.4 Å². The number of rotatable bonds is 11. The molecular weight excluding hydrogens is 338 g/mol. The van der Waals surface area contributed by atoms with Crippen molar-refractivity contribution in [3.8, 4) is 0 Å². The first-order chi connectivity index (χ1) is 8.18. The maximum atomic E-state index is 6.86. The van der Waals surface area contributed by atoms with E-state index in [9.17, 15) is 0 Å². The Hall–Kier alpha value is 0.529. The van der Waals surface area contributed by atoms with Gasteiger partial charge < -0.3 is 0 Å². The van der Waals surface area contributed by atoms with Gasteiger partial charge in [0.15, 0.2) is 0 Å². The van der Waals surface area contributed by atoms with E-state index in [4.69, 9.17) is 13.7 Å². The molecule has 0 aromatic carbocycles. The summed E-state index contributed by atoms with van der Waals surface area (Å²) >= 11 is -2.44. The van der Waals surface area contributed by atoms with Gasteiger partial charge in [0.25, 0.3) is 0 Å². The molecule has 0 spiro atoms. The van der Waals surface area contributed by atoms with Gasteiger partial charge in [-0.2, -0.15) is 0 Å². The minimum absolute atomic E-state index is 0.624. The summed E-state index contributed by atoms with van der Waals surface area (Å²) in [6.07, 6.45) is 8.97. The standard InChI is InChI=1S/C6H9O.2C4H9.ClH.Sn/c1-3-5-7-6-4-2;2*1-3-4-2;;/h1,3-4H,2,5-6H2;2*1,3-4H2,2H3;1H;/q;;;;+1/p-1. The summed E-state index contributed by atoms with van der Waals surface area (Å²) in [7, 11) is 6.86. The van der Waals surface area contributed by atoms with Gasteiger partial charge in [-0.1, -0.05) is 0 Å². The molecule has 0 rings (SSSR count). The van der Waals surface area contributed by atoms with Crippen molar-refractivity contribution in [3.63, 3.8) is 0 Å². The molecule has 0 amide bonds. The molecule has 0 atom stereocenters. The van der Waals surface area contributed by atoms with Crippen LogP contribution in [-0.4, -0.2) is 30.5 Å². The zero-order chi connectivity index (χ0) is 13.0. The Morgan fingerprint density at radius 3 is 2.18 bits per heavy atom. The molecule has 0 aliphatic heterocycles. The average molecular weight is 366 g/mol. The third-order valence-electron chi connectivity index (χ3n) is 2.76. The van der Waals surface area contributed by atoms with Crippen molar-refractivity contribution in [1.82, 2.24) is 0 Å². The van der Waals surface area contributed by atoms with Crippen LogP contribution >= 0.6 is 8.92 Å². The molecule has 0 bridgehead atoms. The van der Waals surface area contributed by atoms with Crippen LogP contribution in [0.4, 0.5) is 0 Å². The number of unbranched alkanes of at least 4 members (excludes halogenated alkanes) is 2. The van der Waals surface area contributed by atoms with Crippen LogP contribution in [0.1, 0.15) is 39.5 Å².